The van der Waals surface area contributed by atoms with Crippen molar-refractivity contribution in [2.45, 2.75) is 33.2 Å². The first kappa shape index (κ1) is 21.4. The lowest BCUT2D eigenvalue weighted by atomic mass is 10.2. The molecule has 172 valence electrons. The van der Waals surface area contributed by atoms with Crippen molar-refractivity contribution in [3.63, 3.8) is 0 Å². The molecule has 3 aromatic heterocycles. The molecule has 13 heteroatoms. The molecule has 0 unspecified atom stereocenters. The van der Waals surface area contributed by atoms with Crippen molar-refractivity contribution in [3.8, 4) is 5.82 Å². The molecule has 2 aliphatic heterocycles. The summed E-state index contributed by atoms with van der Waals surface area (Å²) >= 11 is 1.58. The van der Waals surface area contributed by atoms with E-state index in [1.165, 1.54) is 9.69 Å². The number of hydrazone groups is 1. The van der Waals surface area contributed by atoms with Crippen LogP contribution in [0.3, 0.4) is 0 Å². The number of rotatable bonds is 3. The van der Waals surface area contributed by atoms with Gasteiger partial charge in [-0.1, -0.05) is 0 Å². The highest BCUT2D eigenvalue weighted by molar-refractivity contribution is 7.11. The molecule has 0 radical (unpaired) electrons. The monoisotopic (exact) mass is 470 g/mol. The van der Waals surface area contributed by atoms with Gasteiger partial charge in [0.05, 0.1) is 6.20 Å². The zero-order valence-electron chi connectivity index (χ0n) is 18.5. The van der Waals surface area contributed by atoms with Gasteiger partial charge in [0.2, 0.25) is 5.95 Å². The van der Waals surface area contributed by atoms with Gasteiger partial charge < -0.3 is 9.80 Å². The molecule has 0 bridgehead atoms. The lowest BCUT2D eigenvalue weighted by Crippen LogP contribution is -2.52. The lowest BCUT2D eigenvalue weighted by molar-refractivity contribution is 0.139. The third-order valence-electron chi connectivity index (χ3n) is 5.57. The van der Waals surface area contributed by atoms with Gasteiger partial charge in [0.25, 0.3) is 0 Å². The van der Waals surface area contributed by atoms with Gasteiger partial charge in [-0.2, -0.15) is 14.8 Å². The maximum Gasteiger partial charge on any atom is 0.341 e. The van der Waals surface area contributed by atoms with E-state index in [4.69, 9.17) is 0 Å². The summed E-state index contributed by atoms with van der Waals surface area (Å²) in [5, 5.41) is 10.9. The van der Waals surface area contributed by atoms with Crippen LogP contribution in [0.15, 0.2) is 17.5 Å². The highest BCUT2D eigenvalue weighted by Crippen LogP contribution is 2.32. The van der Waals surface area contributed by atoms with E-state index in [2.05, 4.69) is 30.1 Å². The van der Waals surface area contributed by atoms with Crippen LogP contribution >= 0.6 is 11.3 Å². The van der Waals surface area contributed by atoms with Gasteiger partial charge in [0, 0.05) is 49.9 Å². The number of thiazole rings is 1. The zero-order chi connectivity index (χ0) is 23.1. The summed E-state index contributed by atoms with van der Waals surface area (Å²) < 4.78 is 15.8. The number of hydrogen-bond donors (Lipinski definition) is 0. The Morgan fingerprint density at radius 2 is 1.88 bits per heavy atom. The number of aromatic nitrogens is 6. The standard InChI is InChI=1S/C20H23FN10OS/c1-12-10-22-18(33-12)16-4-5-24-31(16)20(32)29-8-6-28(7-9-29)19-23-11-15(21)17(26-19)30-14(3)25-13(2)27-30/h5,10-11,16H,4,6-9H2,1-3H3/t16-/m1/s1. The van der Waals surface area contributed by atoms with Gasteiger partial charge in [-0.25, -0.2) is 29.1 Å². The molecule has 1 fully saturated rings. The van der Waals surface area contributed by atoms with E-state index in [0.29, 0.717) is 50.2 Å². The summed E-state index contributed by atoms with van der Waals surface area (Å²) in [5.74, 6) is 0.958. The predicted octanol–water partition coefficient (Wildman–Crippen LogP) is 2.25. The van der Waals surface area contributed by atoms with Crippen LogP contribution in [0, 0.1) is 26.6 Å². The Morgan fingerprint density at radius 3 is 2.55 bits per heavy atom. The number of halogens is 1. The maximum absolute atomic E-state index is 14.4. The Labute approximate surface area is 193 Å². The van der Waals surface area contributed by atoms with Crippen molar-refractivity contribution in [1.29, 1.82) is 0 Å². The van der Waals surface area contributed by atoms with E-state index in [-0.39, 0.29) is 17.9 Å². The van der Waals surface area contributed by atoms with Crippen molar-refractivity contribution >= 4 is 29.5 Å². The topological polar surface area (TPSA) is 109 Å². The SMILES string of the molecule is Cc1nc(C)n(-c2nc(N3CCN(C(=O)N4N=CC[C@@H]4c4ncc(C)s4)CC3)ncc2F)n1. The molecule has 0 aromatic carbocycles. The van der Waals surface area contributed by atoms with Crippen LogP contribution in [0.4, 0.5) is 15.1 Å². The fourth-order valence-corrected chi connectivity index (χ4v) is 4.82. The third kappa shape index (κ3) is 4.03. The number of nitrogens with zero attached hydrogens (tertiary/aromatic N) is 10. The Kier molecular flexibility index (Phi) is 5.48. The van der Waals surface area contributed by atoms with Gasteiger partial charge >= 0.3 is 6.03 Å². The number of urea groups is 1. The lowest BCUT2D eigenvalue weighted by Gasteiger charge is -2.36. The van der Waals surface area contributed by atoms with Crippen molar-refractivity contribution in [1.82, 2.24) is 39.6 Å². The average Bonchev–Trinajstić information content (AvgIpc) is 3.53. The second-order valence-electron chi connectivity index (χ2n) is 7.92. The first-order chi connectivity index (χ1) is 15.9. The van der Waals surface area contributed by atoms with Crippen LogP contribution in [-0.4, -0.2) is 78.0 Å². The van der Waals surface area contributed by atoms with Gasteiger partial charge in [0.1, 0.15) is 22.7 Å². The highest BCUT2D eigenvalue weighted by Gasteiger charge is 2.35. The summed E-state index contributed by atoms with van der Waals surface area (Å²) in [4.78, 5) is 35.2. The van der Waals surface area contributed by atoms with Gasteiger partial charge in [-0.15, -0.1) is 16.4 Å². The van der Waals surface area contributed by atoms with Crippen LogP contribution in [0.25, 0.3) is 5.82 Å². The van der Waals surface area contributed by atoms with E-state index in [0.717, 1.165) is 16.1 Å². The molecular weight excluding hydrogens is 447 g/mol. The first-order valence-electron chi connectivity index (χ1n) is 10.6. The van der Waals surface area contributed by atoms with Crippen LogP contribution < -0.4 is 4.90 Å². The molecule has 2 aliphatic rings. The van der Waals surface area contributed by atoms with Crippen LogP contribution in [0.2, 0.25) is 0 Å². The van der Waals surface area contributed by atoms with Crippen LogP contribution in [-0.2, 0) is 0 Å². The molecule has 5 rings (SSSR count). The molecule has 11 nitrogen and oxygen atoms in total. The number of hydrogen-bond acceptors (Lipinski definition) is 9. The van der Waals surface area contributed by atoms with Gasteiger partial charge in [-0.3, -0.25) is 0 Å². The number of amides is 2. The maximum atomic E-state index is 14.4. The number of aryl methyl sites for hydroxylation is 3. The van der Waals surface area contributed by atoms with Crippen LogP contribution in [0.1, 0.15) is 34.0 Å². The average molecular weight is 471 g/mol. The molecule has 1 saturated heterocycles. The third-order valence-corrected chi connectivity index (χ3v) is 6.59. The van der Waals surface area contributed by atoms with Crippen molar-refractivity contribution in [2.75, 3.05) is 31.1 Å². The largest absolute Gasteiger partial charge is 0.341 e. The number of anilines is 1. The second kappa shape index (κ2) is 8.46. The highest BCUT2D eigenvalue weighted by atomic mass is 32.1. The number of piperazine rings is 1. The van der Waals surface area contributed by atoms with E-state index in [1.807, 2.05) is 18.0 Å². The van der Waals surface area contributed by atoms with E-state index in [1.54, 1.807) is 36.3 Å². The Balaban J connectivity index is 1.27. The van der Waals surface area contributed by atoms with E-state index < -0.39 is 5.82 Å². The summed E-state index contributed by atoms with van der Waals surface area (Å²) in [6.07, 6.45) is 5.38. The predicted molar refractivity (Wildman–Crippen MR) is 120 cm³/mol. The summed E-state index contributed by atoms with van der Waals surface area (Å²) in [5.41, 5.74) is 0. The summed E-state index contributed by atoms with van der Waals surface area (Å²) in [6, 6.07) is -0.303. The summed E-state index contributed by atoms with van der Waals surface area (Å²) in [6.45, 7) is 7.47. The second-order valence-corrected chi connectivity index (χ2v) is 9.19. The smallest absolute Gasteiger partial charge is 0.337 e. The van der Waals surface area contributed by atoms with E-state index >= 15 is 0 Å². The molecule has 3 aromatic rings. The molecule has 0 N–H and O–H groups in total. The number of carbonyl (C=O) groups excluding carboxylic acids is 1. The molecule has 33 heavy (non-hydrogen) atoms. The minimum atomic E-state index is -0.573. The normalized spacial score (nSPS) is 18.4. The molecular formula is C20H23FN10OS. The molecule has 2 amide bonds. The quantitative estimate of drug-likeness (QED) is 0.578. The molecule has 0 saturated carbocycles. The van der Waals surface area contributed by atoms with Crippen molar-refractivity contribution < 1.29 is 9.18 Å². The van der Waals surface area contributed by atoms with Crippen molar-refractivity contribution in [3.05, 3.63) is 39.7 Å². The van der Waals surface area contributed by atoms with Crippen LogP contribution in [0.5, 0.6) is 0 Å². The summed E-state index contributed by atoms with van der Waals surface area (Å²) in [7, 11) is 0. The first-order valence-corrected chi connectivity index (χ1v) is 11.4. The fourth-order valence-electron chi connectivity index (χ4n) is 3.94. The zero-order valence-corrected chi connectivity index (χ0v) is 19.3. The van der Waals surface area contributed by atoms with Crippen molar-refractivity contribution in [2.24, 2.45) is 5.10 Å². The molecule has 5 heterocycles. The minimum Gasteiger partial charge on any atom is -0.337 e. The minimum absolute atomic E-state index is 0.0598. The molecule has 1 atom stereocenters. The Hall–Kier alpha value is -3.48. The molecule has 0 spiro atoms. The van der Waals surface area contributed by atoms with E-state index in [9.17, 15) is 9.18 Å². The Morgan fingerprint density at radius 1 is 1.09 bits per heavy atom. The molecule has 0 aliphatic carbocycles. The van der Waals surface area contributed by atoms with Gasteiger partial charge in [-0.05, 0) is 20.8 Å². The van der Waals surface area contributed by atoms with Gasteiger partial charge in [0.15, 0.2) is 11.6 Å². The number of carbonyl (C=O) groups is 1. The Bertz CT molecular complexity index is 1220. The fraction of sp³-hybridized carbons (Fsp3) is 0.450.